The van der Waals surface area contributed by atoms with E-state index in [9.17, 15) is 8.78 Å². The quantitative estimate of drug-likeness (QED) is 0.837. The summed E-state index contributed by atoms with van der Waals surface area (Å²) in [5.74, 6) is -1.72. The minimum absolute atomic E-state index is 0.305. The molecule has 0 spiro atoms. The summed E-state index contributed by atoms with van der Waals surface area (Å²) < 4.78 is 25.9. The van der Waals surface area contributed by atoms with Crippen LogP contribution in [0.3, 0.4) is 0 Å². The van der Waals surface area contributed by atoms with Gasteiger partial charge in [0.1, 0.15) is 0 Å². The first-order valence-electron chi connectivity index (χ1n) is 5.73. The molecule has 1 fully saturated rings. The van der Waals surface area contributed by atoms with Gasteiger partial charge in [-0.15, -0.1) is 0 Å². The summed E-state index contributed by atoms with van der Waals surface area (Å²) >= 11 is 5.88. The highest BCUT2D eigenvalue weighted by molar-refractivity contribution is 6.31. The van der Waals surface area contributed by atoms with Crippen LogP contribution < -0.4 is 5.32 Å². The highest BCUT2D eigenvalue weighted by Gasteiger charge is 2.12. The lowest BCUT2D eigenvalue weighted by Crippen LogP contribution is -2.44. The summed E-state index contributed by atoms with van der Waals surface area (Å²) in [6.45, 7) is 4.76. The van der Waals surface area contributed by atoms with Crippen LogP contribution in [0.5, 0.6) is 0 Å². The minimum atomic E-state index is -0.888. The first-order valence-corrected chi connectivity index (χ1v) is 6.11. The average Bonchev–Trinajstić information content (AvgIpc) is 2.33. The SMILES string of the molecule is Fc1cc(Cl)c(CCN2CCNCC2)cc1F. The molecule has 2 rings (SSSR count). The van der Waals surface area contributed by atoms with Crippen LogP contribution in [0.15, 0.2) is 12.1 Å². The second-order valence-corrected chi connectivity index (χ2v) is 4.61. The van der Waals surface area contributed by atoms with Crippen molar-refractivity contribution in [1.82, 2.24) is 10.2 Å². The molecule has 1 aromatic carbocycles. The highest BCUT2D eigenvalue weighted by atomic mass is 35.5. The molecular weight excluding hydrogens is 246 g/mol. The van der Waals surface area contributed by atoms with Crippen LogP contribution in [0.1, 0.15) is 5.56 Å². The van der Waals surface area contributed by atoms with Gasteiger partial charge in [-0.1, -0.05) is 11.6 Å². The van der Waals surface area contributed by atoms with Gasteiger partial charge in [-0.25, -0.2) is 8.78 Å². The molecule has 2 nitrogen and oxygen atoms in total. The van der Waals surface area contributed by atoms with Gasteiger partial charge in [0, 0.05) is 37.7 Å². The van der Waals surface area contributed by atoms with Crippen molar-refractivity contribution in [2.45, 2.75) is 6.42 Å². The third kappa shape index (κ3) is 3.37. The van der Waals surface area contributed by atoms with Crippen LogP contribution in [0.4, 0.5) is 8.78 Å². The van der Waals surface area contributed by atoms with Crippen molar-refractivity contribution in [2.75, 3.05) is 32.7 Å². The van der Waals surface area contributed by atoms with Gasteiger partial charge in [0.15, 0.2) is 11.6 Å². The monoisotopic (exact) mass is 260 g/mol. The topological polar surface area (TPSA) is 15.3 Å². The van der Waals surface area contributed by atoms with E-state index >= 15 is 0 Å². The van der Waals surface area contributed by atoms with E-state index in [1.165, 1.54) is 6.07 Å². The lowest BCUT2D eigenvalue weighted by Gasteiger charge is -2.27. The maximum absolute atomic E-state index is 13.1. The second kappa shape index (κ2) is 5.76. The van der Waals surface area contributed by atoms with Crippen LogP contribution in [0.2, 0.25) is 5.02 Å². The Balaban J connectivity index is 1.96. The van der Waals surface area contributed by atoms with Crippen LogP contribution in [0.25, 0.3) is 0 Å². The minimum Gasteiger partial charge on any atom is -0.314 e. The van der Waals surface area contributed by atoms with Crippen LogP contribution in [-0.2, 0) is 6.42 Å². The zero-order valence-corrected chi connectivity index (χ0v) is 10.2. The summed E-state index contributed by atoms with van der Waals surface area (Å²) in [5.41, 5.74) is 0.670. The van der Waals surface area contributed by atoms with E-state index in [2.05, 4.69) is 10.2 Å². The Labute approximate surface area is 105 Å². The van der Waals surface area contributed by atoms with Crippen molar-refractivity contribution in [2.24, 2.45) is 0 Å². The molecule has 1 aliphatic rings. The van der Waals surface area contributed by atoms with Gasteiger partial charge in [0.2, 0.25) is 0 Å². The van der Waals surface area contributed by atoms with Gasteiger partial charge in [-0.05, 0) is 24.1 Å². The van der Waals surface area contributed by atoms with Crippen molar-refractivity contribution in [3.63, 3.8) is 0 Å². The van der Waals surface area contributed by atoms with E-state index in [-0.39, 0.29) is 0 Å². The summed E-state index contributed by atoms with van der Waals surface area (Å²) in [6.07, 6.45) is 0.649. The van der Waals surface area contributed by atoms with Gasteiger partial charge < -0.3 is 10.2 Å². The Morgan fingerprint density at radius 2 is 1.82 bits per heavy atom. The third-order valence-corrected chi connectivity index (χ3v) is 3.35. The Morgan fingerprint density at radius 1 is 1.18 bits per heavy atom. The highest BCUT2D eigenvalue weighted by Crippen LogP contribution is 2.20. The van der Waals surface area contributed by atoms with Crippen molar-refractivity contribution in [3.8, 4) is 0 Å². The molecule has 5 heteroatoms. The summed E-state index contributed by atoms with van der Waals surface area (Å²) in [6, 6.07) is 2.24. The molecule has 17 heavy (non-hydrogen) atoms. The molecule has 1 saturated heterocycles. The first-order chi connectivity index (χ1) is 8.16. The van der Waals surface area contributed by atoms with Gasteiger partial charge >= 0.3 is 0 Å². The zero-order valence-electron chi connectivity index (χ0n) is 9.48. The predicted octanol–water partition coefficient (Wildman–Crippen LogP) is 2.07. The van der Waals surface area contributed by atoms with Gasteiger partial charge in [0.05, 0.1) is 0 Å². The van der Waals surface area contributed by atoms with E-state index < -0.39 is 11.6 Å². The van der Waals surface area contributed by atoms with Crippen molar-refractivity contribution in [1.29, 1.82) is 0 Å². The maximum Gasteiger partial charge on any atom is 0.160 e. The van der Waals surface area contributed by atoms with E-state index in [0.717, 1.165) is 38.8 Å². The summed E-state index contributed by atoms with van der Waals surface area (Å²) in [4.78, 5) is 2.29. The van der Waals surface area contributed by atoms with E-state index in [4.69, 9.17) is 11.6 Å². The van der Waals surface area contributed by atoms with Crippen LogP contribution in [-0.4, -0.2) is 37.6 Å². The number of nitrogens with one attached hydrogen (secondary N) is 1. The third-order valence-electron chi connectivity index (χ3n) is 3.00. The molecular formula is C12H15ClF2N2. The largest absolute Gasteiger partial charge is 0.314 e. The molecule has 1 N–H and O–H groups in total. The first kappa shape index (κ1) is 12.7. The van der Waals surface area contributed by atoms with E-state index in [1.54, 1.807) is 0 Å². The van der Waals surface area contributed by atoms with Crippen LogP contribution in [0, 0.1) is 11.6 Å². The lowest BCUT2D eigenvalue weighted by atomic mass is 10.1. The molecule has 1 heterocycles. The fourth-order valence-corrected chi connectivity index (χ4v) is 2.21. The summed E-state index contributed by atoms with van der Waals surface area (Å²) in [5, 5.41) is 3.57. The fourth-order valence-electron chi connectivity index (χ4n) is 1.97. The average molecular weight is 261 g/mol. The Kier molecular flexibility index (Phi) is 4.31. The molecule has 0 aromatic heterocycles. The molecule has 0 unspecified atom stereocenters. The second-order valence-electron chi connectivity index (χ2n) is 4.20. The molecule has 0 amide bonds. The number of nitrogens with zero attached hydrogens (tertiary/aromatic N) is 1. The number of piperazine rings is 1. The Bertz CT molecular complexity index is 392. The number of benzene rings is 1. The molecule has 0 saturated carbocycles. The lowest BCUT2D eigenvalue weighted by molar-refractivity contribution is 0.244. The van der Waals surface area contributed by atoms with Crippen molar-refractivity contribution < 1.29 is 8.78 Å². The number of halogens is 3. The number of rotatable bonds is 3. The zero-order chi connectivity index (χ0) is 12.3. The number of hydrogen-bond donors (Lipinski definition) is 1. The van der Waals surface area contributed by atoms with E-state index in [0.29, 0.717) is 17.0 Å². The standard InChI is InChI=1S/C12H15ClF2N2/c13-10-8-12(15)11(14)7-9(10)1-4-17-5-2-16-3-6-17/h7-8,16H,1-6H2. The summed E-state index contributed by atoms with van der Waals surface area (Å²) in [7, 11) is 0. The van der Waals surface area contributed by atoms with E-state index in [1.807, 2.05) is 0 Å². The molecule has 1 aliphatic heterocycles. The normalized spacial score (nSPS) is 17.4. The smallest absolute Gasteiger partial charge is 0.160 e. The molecule has 94 valence electrons. The van der Waals surface area contributed by atoms with Gasteiger partial charge in [0.25, 0.3) is 0 Å². The Hall–Kier alpha value is -0.710. The number of hydrogen-bond acceptors (Lipinski definition) is 2. The molecule has 1 aromatic rings. The molecule has 0 aliphatic carbocycles. The maximum atomic E-state index is 13.1. The van der Waals surface area contributed by atoms with Gasteiger partial charge in [-0.2, -0.15) is 0 Å². The fraction of sp³-hybridized carbons (Fsp3) is 0.500. The molecule has 0 radical (unpaired) electrons. The molecule has 0 atom stereocenters. The predicted molar refractivity (Wildman–Crippen MR) is 64.4 cm³/mol. The van der Waals surface area contributed by atoms with Crippen molar-refractivity contribution in [3.05, 3.63) is 34.4 Å². The van der Waals surface area contributed by atoms with Gasteiger partial charge in [-0.3, -0.25) is 0 Å². The van der Waals surface area contributed by atoms with Crippen LogP contribution >= 0.6 is 11.6 Å². The Morgan fingerprint density at radius 3 is 2.53 bits per heavy atom. The van der Waals surface area contributed by atoms with Crippen molar-refractivity contribution >= 4 is 11.6 Å². The molecule has 0 bridgehead atoms.